The van der Waals surface area contributed by atoms with Gasteiger partial charge in [0.15, 0.2) is 11.5 Å². The highest BCUT2D eigenvalue weighted by Gasteiger charge is 2.60. The Morgan fingerprint density at radius 1 is 1.07 bits per heavy atom. The first kappa shape index (κ1) is 38.1. The minimum Gasteiger partial charge on any atom is -0.493 e. The Balaban J connectivity index is 0.00000169. The van der Waals surface area contributed by atoms with Crippen molar-refractivity contribution in [1.82, 2.24) is 0 Å². The van der Waals surface area contributed by atoms with E-state index in [1.807, 2.05) is 84.8 Å². The zero-order valence-electron chi connectivity index (χ0n) is 28.8. The number of unbranched alkanes of at least 4 members (excludes halogenated alkanes) is 1. The van der Waals surface area contributed by atoms with Crippen LogP contribution in [-0.2, 0) is 27.2 Å². The number of carbonyl (C=O) groups is 2. The van der Waals surface area contributed by atoms with Gasteiger partial charge in [0.25, 0.3) is 6.71 Å². The molecule has 1 saturated heterocycles. The molecule has 2 unspecified atom stereocenters. The number of rotatable bonds is 13. The average molecular weight is 621 g/mol. The molecule has 2 aliphatic heterocycles. The molecule has 0 spiro atoms. The van der Waals surface area contributed by atoms with E-state index in [9.17, 15) is 14.7 Å². The molecule has 0 saturated carbocycles. The normalized spacial score (nSPS) is 18.4. The maximum absolute atomic E-state index is 13.9. The Bertz CT molecular complexity index is 1310. The second kappa shape index (κ2) is 17.6. The Labute approximate surface area is 271 Å². The summed E-state index contributed by atoms with van der Waals surface area (Å²) in [6, 6.07) is 9.19. The molecular formula is C35H53B2NO7. The standard InChI is InChI=1S/C31H41B2NO7.2C2H6/c1-6-11-21-17-24(31(34,37)38-5)18-22(12-7-2)27(21)39-16-10-9-15-33-28(35)30(8-3,32(4)29(33)36)23-13-14-25-26(19-23)41-20-40-25;2*1-2/h6,11,13-14,17-19,37H,7-10,12,15-16,20,34H2,1-5H3;2*1-2H3/b11-6+;;. The molecule has 2 aliphatic rings. The third-order valence-electron chi connectivity index (χ3n) is 8.63. The molecule has 2 aromatic carbocycles. The van der Waals surface area contributed by atoms with Crippen LogP contribution >= 0.6 is 0 Å². The molecule has 246 valence electrons. The molecule has 45 heavy (non-hydrogen) atoms. The van der Waals surface area contributed by atoms with Gasteiger partial charge in [-0.25, -0.2) is 0 Å². The first-order chi connectivity index (χ1) is 21.6. The lowest BCUT2D eigenvalue weighted by molar-refractivity contribution is -0.189. The summed E-state index contributed by atoms with van der Waals surface area (Å²) in [4.78, 5) is 27.3. The fourth-order valence-corrected chi connectivity index (χ4v) is 6.32. The number of aryl methyl sites for hydroxylation is 1. The minimum atomic E-state index is -1.90. The molecular weight excluding hydrogens is 568 g/mol. The Morgan fingerprint density at radius 3 is 2.38 bits per heavy atom. The van der Waals surface area contributed by atoms with Crippen molar-refractivity contribution in [3.05, 3.63) is 58.7 Å². The van der Waals surface area contributed by atoms with Gasteiger partial charge in [0.1, 0.15) is 11.4 Å². The van der Waals surface area contributed by atoms with Gasteiger partial charge in [-0.15, -0.1) is 0 Å². The Kier molecular flexibility index (Phi) is 14.9. The first-order valence-corrected chi connectivity index (χ1v) is 16.6. The van der Waals surface area contributed by atoms with Gasteiger partial charge in [0.2, 0.25) is 19.4 Å². The van der Waals surface area contributed by atoms with Gasteiger partial charge >= 0.3 is 0 Å². The molecule has 8 nitrogen and oxygen atoms in total. The Hall–Kier alpha value is -3.07. The number of ether oxygens (including phenoxy) is 4. The summed E-state index contributed by atoms with van der Waals surface area (Å²) in [5.41, 5.74) is 8.97. The van der Waals surface area contributed by atoms with Crippen LogP contribution in [0.15, 0.2) is 36.4 Å². The summed E-state index contributed by atoms with van der Waals surface area (Å²) in [6.07, 6.45) is 7.87. The summed E-state index contributed by atoms with van der Waals surface area (Å²) < 4.78 is 22.4. The molecule has 0 radical (unpaired) electrons. The number of aliphatic hydroxyl groups is 1. The lowest BCUT2D eigenvalue weighted by Crippen LogP contribution is -2.44. The van der Waals surface area contributed by atoms with Crippen LogP contribution < -0.4 is 19.9 Å². The lowest BCUT2D eigenvalue weighted by Gasteiger charge is -2.30. The molecule has 2 atom stereocenters. The zero-order chi connectivity index (χ0) is 33.8. The van der Waals surface area contributed by atoms with Crippen molar-refractivity contribution in [1.29, 1.82) is 0 Å². The van der Waals surface area contributed by atoms with E-state index >= 15 is 0 Å². The van der Waals surface area contributed by atoms with E-state index in [4.69, 9.17) is 24.7 Å². The van der Waals surface area contributed by atoms with Gasteiger partial charge in [-0.1, -0.05) is 85.7 Å². The van der Waals surface area contributed by atoms with E-state index in [1.165, 1.54) is 7.11 Å². The third kappa shape index (κ3) is 8.02. The van der Waals surface area contributed by atoms with Gasteiger partial charge in [-0.2, -0.15) is 0 Å². The molecule has 0 aliphatic carbocycles. The number of nitrogens with two attached hydrogens (primary N) is 1. The molecule has 0 bridgehead atoms. The van der Waals surface area contributed by atoms with Crippen LogP contribution in [0.3, 0.4) is 0 Å². The maximum atomic E-state index is 13.9. The summed E-state index contributed by atoms with van der Waals surface area (Å²) in [6.45, 7) is 15.4. The highest BCUT2D eigenvalue weighted by molar-refractivity contribution is 7.36. The van der Waals surface area contributed by atoms with E-state index in [0.29, 0.717) is 49.3 Å². The first-order valence-electron chi connectivity index (χ1n) is 16.6. The highest BCUT2D eigenvalue weighted by Crippen LogP contribution is 2.44. The predicted molar refractivity (Wildman–Crippen MR) is 185 cm³/mol. The number of allylic oxidation sites excluding steroid dienone is 1. The van der Waals surface area contributed by atoms with Crippen LogP contribution in [0.4, 0.5) is 4.79 Å². The minimum absolute atomic E-state index is 0.000822. The van der Waals surface area contributed by atoms with Crippen LogP contribution in [0.5, 0.6) is 17.2 Å². The fourth-order valence-electron chi connectivity index (χ4n) is 6.32. The number of hydrogen-bond donors (Lipinski definition) is 2. The quantitative estimate of drug-likeness (QED) is 0.137. The van der Waals surface area contributed by atoms with Gasteiger partial charge in [-0.3, -0.25) is 5.73 Å². The van der Waals surface area contributed by atoms with Crippen LogP contribution in [0.25, 0.3) is 6.08 Å². The predicted octanol–water partition coefficient (Wildman–Crippen LogP) is 7.23. The van der Waals surface area contributed by atoms with Crippen molar-refractivity contribution in [2.24, 2.45) is 5.73 Å². The number of carbonyl (C=O) groups excluding carboxylic acids is 2. The number of fused-ring (bicyclic) bond motifs is 1. The SMILES string of the molecule is C/C=C/c1cc(C(N)(O)OC)cc(CCC)c1OCCCCB1C(=O)B(C)C(CC)(c2ccc3c(c2)OCO3)C1=O.CC.CC. The number of methoxy groups -OCH3 is 1. The van der Waals surface area contributed by atoms with Crippen molar-refractivity contribution < 1.29 is 33.6 Å². The summed E-state index contributed by atoms with van der Waals surface area (Å²) >= 11 is 0. The summed E-state index contributed by atoms with van der Waals surface area (Å²) in [7, 11) is 1.36. The molecule has 3 N–H and O–H groups in total. The zero-order valence-corrected chi connectivity index (χ0v) is 28.8. The van der Waals surface area contributed by atoms with E-state index in [2.05, 4.69) is 6.92 Å². The van der Waals surface area contributed by atoms with Gasteiger partial charge in [-0.05, 0) is 61.6 Å². The van der Waals surface area contributed by atoms with E-state index in [-0.39, 0.29) is 18.1 Å². The highest BCUT2D eigenvalue weighted by atomic mass is 16.7. The van der Waals surface area contributed by atoms with Crippen LogP contribution in [0.1, 0.15) is 96.4 Å². The number of hydrogen-bond acceptors (Lipinski definition) is 8. The lowest BCUT2D eigenvalue weighted by atomic mass is 9.30. The molecule has 4 rings (SSSR count). The molecule has 2 aromatic rings. The molecule has 10 heteroatoms. The second-order valence-corrected chi connectivity index (χ2v) is 11.0. The monoisotopic (exact) mass is 621 g/mol. The van der Waals surface area contributed by atoms with Crippen LogP contribution in [0.2, 0.25) is 13.1 Å². The average Bonchev–Trinajstić information content (AvgIpc) is 3.60. The largest absolute Gasteiger partial charge is 0.493 e. The van der Waals surface area contributed by atoms with Crippen molar-refractivity contribution >= 4 is 30.8 Å². The van der Waals surface area contributed by atoms with E-state index < -0.39 is 24.7 Å². The summed E-state index contributed by atoms with van der Waals surface area (Å²) in [5.74, 6) is 0.126. The molecule has 0 amide bonds. The fraction of sp³-hybridized carbons (Fsp3) is 0.543. The van der Waals surface area contributed by atoms with Gasteiger partial charge in [0, 0.05) is 23.6 Å². The van der Waals surface area contributed by atoms with Gasteiger partial charge in [0.05, 0.1) is 12.2 Å². The second-order valence-electron chi connectivity index (χ2n) is 11.0. The molecule has 0 aromatic heterocycles. The topological polar surface area (TPSA) is 117 Å². The van der Waals surface area contributed by atoms with Crippen molar-refractivity contribution in [3.63, 3.8) is 0 Å². The van der Waals surface area contributed by atoms with Crippen molar-refractivity contribution in [2.75, 3.05) is 20.5 Å². The van der Waals surface area contributed by atoms with E-state index in [1.54, 1.807) is 6.07 Å². The van der Waals surface area contributed by atoms with Gasteiger partial charge < -0.3 is 33.6 Å². The summed E-state index contributed by atoms with van der Waals surface area (Å²) in [5, 5.41) is 9.62. The van der Waals surface area contributed by atoms with Crippen LogP contribution in [0, 0.1) is 0 Å². The number of benzene rings is 2. The molecule has 1 fully saturated rings. The molecule has 2 heterocycles. The smallest absolute Gasteiger partial charge is 0.289 e. The van der Waals surface area contributed by atoms with Crippen molar-refractivity contribution in [3.8, 4) is 17.2 Å². The third-order valence-corrected chi connectivity index (χ3v) is 8.63. The van der Waals surface area contributed by atoms with Crippen molar-refractivity contribution in [2.45, 2.75) is 105 Å². The van der Waals surface area contributed by atoms with E-state index in [0.717, 1.165) is 35.3 Å². The Morgan fingerprint density at radius 2 is 1.76 bits per heavy atom. The maximum Gasteiger partial charge on any atom is 0.289 e. The van der Waals surface area contributed by atoms with Crippen LogP contribution in [-0.4, -0.2) is 50.3 Å².